The lowest BCUT2D eigenvalue weighted by Crippen LogP contribution is -2.21. The molecule has 0 unspecified atom stereocenters. The minimum Gasteiger partial charge on any atom is -0.283 e. The molecule has 6 heteroatoms. The summed E-state index contributed by atoms with van der Waals surface area (Å²) >= 11 is 2.21. The summed E-state index contributed by atoms with van der Waals surface area (Å²) in [5.74, 6) is -1.76. The zero-order chi connectivity index (χ0) is 10.3. The fourth-order valence-corrected chi connectivity index (χ4v) is 3.09. The zero-order valence-electron chi connectivity index (χ0n) is 6.59. The number of hydrogen-bond acceptors (Lipinski definition) is 3. The lowest BCUT2D eigenvalue weighted by atomic mass is 10.3. The van der Waals surface area contributed by atoms with Crippen LogP contribution in [0.3, 0.4) is 0 Å². The van der Waals surface area contributed by atoms with E-state index in [1.54, 1.807) is 11.4 Å². The second-order valence-electron chi connectivity index (χ2n) is 2.59. The number of alkyl halides is 3. The van der Waals surface area contributed by atoms with Gasteiger partial charge in [0.1, 0.15) is 0 Å². The average molecular weight is 236 g/mol. The smallest absolute Gasteiger partial charge is 0.283 e. The molecule has 0 saturated heterocycles. The van der Waals surface area contributed by atoms with Gasteiger partial charge in [-0.15, -0.1) is 22.7 Å². The summed E-state index contributed by atoms with van der Waals surface area (Å²) in [6.07, 6.45) is -4.77. The summed E-state index contributed by atoms with van der Waals surface area (Å²) in [6.45, 7) is 0. The van der Waals surface area contributed by atoms with Gasteiger partial charge in [-0.2, -0.15) is 13.2 Å². The predicted octanol–water partition coefficient (Wildman–Crippen LogP) is 3.71. The molecule has 0 radical (unpaired) electrons. The quantitative estimate of drug-likeness (QED) is 0.690. The summed E-state index contributed by atoms with van der Waals surface area (Å²) in [6, 6.07) is 3.00. The summed E-state index contributed by atoms with van der Waals surface area (Å²) in [5, 5.41) is 1.78. The van der Waals surface area contributed by atoms with E-state index in [0.717, 1.165) is 20.7 Å². The van der Waals surface area contributed by atoms with Crippen molar-refractivity contribution in [2.24, 2.45) is 0 Å². The molecule has 0 spiro atoms. The molecule has 0 fully saturated rings. The molecule has 14 heavy (non-hydrogen) atoms. The molecule has 0 amide bonds. The topological polar surface area (TPSA) is 17.1 Å². The molecule has 0 aromatic carbocycles. The second kappa shape index (κ2) is 3.06. The Hall–Kier alpha value is -0.880. The Balaban J connectivity index is 2.45. The molecular formula is C8H3F3OS2. The van der Waals surface area contributed by atoms with Crippen LogP contribution in [0.5, 0.6) is 0 Å². The summed E-state index contributed by atoms with van der Waals surface area (Å²) in [5.41, 5.74) is 0. The standard InChI is InChI=1S/C8H3F3OS2/c9-8(10,11)7(12)6-3-5-4(14-6)1-2-13-5/h1-3H. The van der Waals surface area contributed by atoms with E-state index in [-0.39, 0.29) is 4.88 Å². The number of fused-ring (bicyclic) bond motifs is 1. The lowest BCUT2D eigenvalue weighted by Gasteiger charge is -2.00. The van der Waals surface area contributed by atoms with Gasteiger partial charge in [-0.25, -0.2) is 0 Å². The molecule has 1 nitrogen and oxygen atoms in total. The van der Waals surface area contributed by atoms with Crippen molar-refractivity contribution in [3.63, 3.8) is 0 Å². The Morgan fingerprint density at radius 2 is 2.00 bits per heavy atom. The van der Waals surface area contributed by atoms with E-state index in [1.165, 1.54) is 17.4 Å². The number of carbonyl (C=O) groups is 1. The third-order valence-corrected chi connectivity index (χ3v) is 3.71. The van der Waals surface area contributed by atoms with Crippen LogP contribution >= 0.6 is 22.7 Å². The van der Waals surface area contributed by atoms with Crippen molar-refractivity contribution >= 4 is 37.9 Å². The van der Waals surface area contributed by atoms with Crippen LogP contribution in [0.25, 0.3) is 9.40 Å². The van der Waals surface area contributed by atoms with E-state index in [2.05, 4.69) is 0 Å². The fourth-order valence-electron chi connectivity index (χ4n) is 1.02. The van der Waals surface area contributed by atoms with Gasteiger partial charge in [0.05, 0.1) is 4.88 Å². The van der Waals surface area contributed by atoms with Crippen LogP contribution in [0.4, 0.5) is 13.2 Å². The minimum atomic E-state index is -4.77. The molecule has 74 valence electrons. The Bertz CT molecular complexity index is 451. The normalized spacial score (nSPS) is 12.2. The van der Waals surface area contributed by atoms with Crippen LogP contribution < -0.4 is 0 Å². The largest absolute Gasteiger partial charge is 0.455 e. The van der Waals surface area contributed by atoms with Crippen molar-refractivity contribution in [3.8, 4) is 0 Å². The van der Waals surface area contributed by atoms with Crippen LogP contribution in [0, 0.1) is 0 Å². The molecule has 0 saturated carbocycles. The Morgan fingerprint density at radius 1 is 1.29 bits per heavy atom. The maximum absolute atomic E-state index is 12.0. The molecule has 0 aliphatic rings. The SMILES string of the molecule is O=C(c1cc2sccc2s1)C(F)(F)F. The van der Waals surface area contributed by atoms with E-state index in [1.807, 2.05) is 0 Å². The first-order chi connectivity index (χ1) is 6.48. The van der Waals surface area contributed by atoms with Crippen molar-refractivity contribution in [1.29, 1.82) is 0 Å². The minimum absolute atomic E-state index is 0.237. The van der Waals surface area contributed by atoms with Gasteiger partial charge in [0.25, 0.3) is 5.78 Å². The zero-order valence-corrected chi connectivity index (χ0v) is 8.22. The molecule has 2 aromatic rings. The highest BCUT2D eigenvalue weighted by Gasteiger charge is 2.40. The number of rotatable bonds is 1. The monoisotopic (exact) mass is 236 g/mol. The van der Waals surface area contributed by atoms with Gasteiger partial charge in [0.2, 0.25) is 0 Å². The van der Waals surface area contributed by atoms with Crippen molar-refractivity contribution in [1.82, 2.24) is 0 Å². The molecule has 2 rings (SSSR count). The Kier molecular flexibility index (Phi) is 2.11. The molecule has 0 bridgehead atoms. The average Bonchev–Trinajstić information content (AvgIpc) is 2.58. The Morgan fingerprint density at radius 3 is 2.57 bits per heavy atom. The van der Waals surface area contributed by atoms with Crippen LogP contribution in [0.15, 0.2) is 17.5 Å². The maximum Gasteiger partial charge on any atom is 0.455 e. The Labute approximate surface area is 84.8 Å². The predicted molar refractivity (Wildman–Crippen MR) is 50.1 cm³/mol. The summed E-state index contributed by atoms with van der Waals surface area (Å²) < 4.78 is 37.5. The molecule has 2 heterocycles. The molecule has 0 N–H and O–H groups in total. The first-order valence-electron chi connectivity index (χ1n) is 3.57. The molecule has 0 aliphatic heterocycles. The van der Waals surface area contributed by atoms with Crippen LogP contribution in [0.1, 0.15) is 9.67 Å². The number of ketones is 1. The fraction of sp³-hybridized carbons (Fsp3) is 0.125. The molecule has 2 aromatic heterocycles. The van der Waals surface area contributed by atoms with E-state index in [9.17, 15) is 18.0 Å². The van der Waals surface area contributed by atoms with Gasteiger partial charge in [0, 0.05) is 9.40 Å². The maximum atomic E-state index is 12.0. The van der Waals surface area contributed by atoms with E-state index >= 15 is 0 Å². The number of thiophene rings is 2. The van der Waals surface area contributed by atoms with E-state index in [4.69, 9.17) is 0 Å². The van der Waals surface area contributed by atoms with Crippen LogP contribution in [-0.4, -0.2) is 12.0 Å². The van der Waals surface area contributed by atoms with Gasteiger partial charge in [-0.1, -0.05) is 0 Å². The summed E-state index contributed by atoms with van der Waals surface area (Å²) in [4.78, 5) is 10.6. The van der Waals surface area contributed by atoms with Crippen molar-refractivity contribution in [3.05, 3.63) is 22.4 Å². The van der Waals surface area contributed by atoms with Crippen molar-refractivity contribution in [2.75, 3.05) is 0 Å². The van der Waals surface area contributed by atoms with E-state index in [0.29, 0.717) is 0 Å². The summed E-state index contributed by atoms with van der Waals surface area (Å²) in [7, 11) is 0. The van der Waals surface area contributed by atoms with Crippen LogP contribution in [0.2, 0.25) is 0 Å². The third-order valence-electron chi connectivity index (χ3n) is 1.62. The van der Waals surface area contributed by atoms with Crippen LogP contribution in [-0.2, 0) is 0 Å². The lowest BCUT2D eigenvalue weighted by molar-refractivity contribution is -0.0882. The molecule has 0 aliphatic carbocycles. The number of Topliss-reactive ketones (excluding diaryl/α,β-unsaturated/α-hetero) is 1. The number of halogens is 3. The third kappa shape index (κ3) is 1.55. The van der Waals surface area contributed by atoms with Gasteiger partial charge >= 0.3 is 6.18 Å². The van der Waals surface area contributed by atoms with Gasteiger partial charge in [-0.05, 0) is 17.5 Å². The van der Waals surface area contributed by atoms with E-state index < -0.39 is 12.0 Å². The van der Waals surface area contributed by atoms with Gasteiger partial charge in [-0.3, -0.25) is 4.79 Å². The molecular weight excluding hydrogens is 233 g/mol. The first-order valence-corrected chi connectivity index (χ1v) is 5.26. The number of hydrogen-bond donors (Lipinski definition) is 0. The highest BCUT2D eigenvalue weighted by atomic mass is 32.1. The van der Waals surface area contributed by atoms with Crippen molar-refractivity contribution in [2.45, 2.75) is 6.18 Å². The first kappa shape index (κ1) is 9.67. The van der Waals surface area contributed by atoms with Gasteiger partial charge in [0.15, 0.2) is 0 Å². The van der Waals surface area contributed by atoms with Crippen molar-refractivity contribution < 1.29 is 18.0 Å². The number of carbonyl (C=O) groups excluding carboxylic acids is 1. The highest BCUT2D eigenvalue weighted by Crippen LogP contribution is 2.33. The molecule has 0 atom stereocenters. The highest BCUT2D eigenvalue weighted by molar-refractivity contribution is 7.27. The second-order valence-corrected chi connectivity index (χ2v) is 4.62. The van der Waals surface area contributed by atoms with Gasteiger partial charge < -0.3 is 0 Å².